The molecule has 0 saturated heterocycles. The zero-order chi connectivity index (χ0) is 9.30. The Balaban J connectivity index is 0.00000144. The van der Waals surface area contributed by atoms with E-state index in [9.17, 15) is 9.90 Å². The second-order valence-corrected chi connectivity index (χ2v) is 2.29. The summed E-state index contributed by atoms with van der Waals surface area (Å²) >= 11 is 0. The number of ether oxygens (including phenoxy) is 1. The number of hydrogen-bond acceptors (Lipinski definition) is 6. The van der Waals surface area contributed by atoms with Crippen LogP contribution < -0.4 is 56.5 Å². The molecule has 1 aliphatic heterocycles. The van der Waals surface area contributed by atoms with E-state index < -0.39 is 36.3 Å². The van der Waals surface area contributed by atoms with Crippen LogP contribution in [0.5, 0.6) is 0 Å². The van der Waals surface area contributed by atoms with Crippen LogP contribution in [0.2, 0.25) is 0 Å². The molecule has 2 atom stereocenters. The molecule has 1 rings (SSSR count). The predicted octanol–water partition coefficient (Wildman–Crippen LogP) is -5.60. The van der Waals surface area contributed by atoms with E-state index in [-0.39, 0.29) is 51.4 Å². The van der Waals surface area contributed by atoms with E-state index in [4.69, 9.17) is 15.3 Å². The van der Waals surface area contributed by atoms with Crippen molar-refractivity contribution in [2.45, 2.75) is 12.2 Å². The Morgan fingerprint density at radius 2 is 2.15 bits per heavy atom. The summed E-state index contributed by atoms with van der Waals surface area (Å²) in [6.07, 6.45) is -2.95. The van der Waals surface area contributed by atoms with E-state index in [1.807, 2.05) is 0 Å². The van der Waals surface area contributed by atoms with Gasteiger partial charge in [-0.3, -0.25) is 0 Å². The van der Waals surface area contributed by atoms with Crippen molar-refractivity contribution in [2.75, 3.05) is 6.61 Å². The smallest absolute Gasteiger partial charge is 0.870 e. The molecule has 0 fully saturated rings. The molecule has 0 aromatic carbocycles. The summed E-state index contributed by atoms with van der Waals surface area (Å²) in [5.41, 5.74) is 0. The topological polar surface area (TPSA) is 110 Å². The molecule has 0 aromatic heterocycles. The maximum atomic E-state index is 10.8. The summed E-state index contributed by atoms with van der Waals surface area (Å²) in [5, 5.41) is 36.8. The Morgan fingerprint density at radius 1 is 1.62 bits per heavy atom. The molecule has 0 unspecified atom stereocenters. The Labute approximate surface area is 116 Å². The van der Waals surface area contributed by atoms with Crippen LogP contribution in [0.15, 0.2) is 11.5 Å². The second kappa shape index (κ2) is 5.30. The van der Waals surface area contributed by atoms with Crippen LogP contribution in [0, 0.1) is 0 Å². The summed E-state index contributed by atoms with van der Waals surface area (Å²) in [7, 11) is 0. The van der Waals surface area contributed by atoms with Crippen molar-refractivity contribution in [1.82, 2.24) is 0 Å². The van der Waals surface area contributed by atoms with E-state index in [1.165, 1.54) is 0 Å². The van der Waals surface area contributed by atoms with Crippen LogP contribution in [0.25, 0.3) is 0 Å². The fourth-order valence-corrected chi connectivity index (χ4v) is 0.809. The summed E-state index contributed by atoms with van der Waals surface area (Å²) in [4.78, 5) is 10.5. The number of carbonyl (C=O) groups excluding carboxylic acids is 1. The molecule has 68 valence electrons. The quantitative estimate of drug-likeness (QED) is 0.312. The van der Waals surface area contributed by atoms with Crippen LogP contribution in [-0.2, 0) is 9.53 Å². The average Bonchev–Trinajstić information content (AvgIpc) is 2.32. The molecule has 1 heterocycles. The van der Waals surface area contributed by atoms with Gasteiger partial charge in [0.25, 0.3) is 0 Å². The molecule has 6 nitrogen and oxygen atoms in total. The van der Waals surface area contributed by atoms with Gasteiger partial charge < -0.3 is 25.2 Å². The Hall–Kier alpha value is 0.366. The number of esters is 1. The molecule has 0 bridgehead atoms. The largest absolute Gasteiger partial charge is 1.00 e. The fraction of sp³-hybridized carbons (Fsp3) is 0.500. The number of rotatable bonds is 2. The first-order chi connectivity index (χ1) is 5.57. The zero-order valence-corrected chi connectivity index (χ0v) is 10.1. The van der Waals surface area contributed by atoms with E-state index in [1.54, 1.807) is 0 Å². The van der Waals surface area contributed by atoms with E-state index in [0.29, 0.717) is 0 Å². The molecule has 3 N–H and O–H groups in total. The number of carbonyl (C=O) groups is 1. The molecule has 0 aliphatic carbocycles. The molecule has 0 saturated carbocycles. The van der Waals surface area contributed by atoms with Gasteiger partial charge in [0.05, 0.1) is 6.61 Å². The minimum Gasteiger partial charge on any atom is -0.870 e. The Kier molecular flexibility index (Phi) is 5.45. The van der Waals surface area contributed by atoms with Gasteiger partial charge in [-0.05, 0) is 5.76 Å². The summed E-state index contributed by atoms with van der Waals surface area (Å²) in [5.74, 6) is -3.20. The number of hydrogen-bond donors (Lipinski definition) is 3. The summed E-state index contributed by atoms with van der Waals surface area (Å²) in [6, 6.07) is 0. The van der Waals surface area contributed by atoms with Gasteiger partial charge in [0.15, 0.2) is 5.76 Å². The van der Waals surface area contributed by atoms with Gasteiger partial charge in [-0.15, -0.1) is 0 Å². The standard InChI is InChI=1S/C6H8O6.K/c7-1-2(8)5-3(9)4(10)6(11)12-5;/h2,5,7-10H,1H2;/q;+1/p-1/t2-,5+;/m1./s1. The van der Waals surface area contributed by atoms with Gasteiger partial charge in [-0.25, -0.2) is 4.79 Å². The Bertz CT molecular complexity index is 237. The third-order valence-corrected chi connectivity index (χ3v) is 1.46. The maximum Gasteiger partial charge on any atom is 1.00 e. The van der Waals surface area contributed by atoms with Gasteiger partial charge in [0.2, 0.25) is 0 Å². The van der Waals surface area contributed by atoms with Gasteiger partial charge in [-0.1, -0.05) is 0 Å². The molecule has 7 heteroatoms. The first-order valence-corrected chi connectivity index (χ1v) is 3.18. The van der Waals surface area contributed by atoms with Crippen LogP contribution in [0.1, 0.15) is 0 Å². The van der Waals surface area contributed by atoms with Crippen molar-refractivity contribution in [3.05, 3.63) is 11.5 Å². The molecule has 1 aliphatic rings. The molecular formula is C6H7KO6. The number of aliphatic hydroxyl groups is 3. The molecule has 0 spiro atoms. The number of cyclic esters (lactones) is 1. The number of aliphatic hydroxyl groups excluding tert-OH is 3. The maximum absolute atomic E-state index is 10.8. The molecule has 13 heavy (non-hydrogen) atoms. The molecule has 0 amide bonds. The summed E-state index contributed by atoms with van der Waals surface area (Å²) in [6.45, 7) is -0.711. The van der Waals surface area contributed by atoms with Crippen molar-refractivity contribution in [3.63, 3.8) is 0 Å². The SMILES string of the molecule is O=C1O[C@@H]([C@H](O)CO)C([O-])=C1O.[K+]. The molecular weight excluding hydrogens is 207 g/mol. The third kappa shape index (κ3) is 2.66. The Morgan fingerprint density at radius 3 is 2.46 bits per heavy atom. The predicted molar refractivity (Wildman–Crippen MR) is 32.6 cm³/mol. The van der Waals surface area contributed by atoms with Crippen molar-refractivity contribution >= 4 is 5.97 Å². The van der Waals surface area contributed by atoms with Gasteiger partial charge >= 0.3 is 57.4 Å². The minimum absolute atomic E-state index is 0. The first-order valence-electron chi connectivity index (χ1n) is 3.18. The fourth-order valence-electron chi connectivity index (χ4n) is 0.809. The zero-order valence-electron chi connectivity index (χ0n) is 6.93. The van der Waals surface area contributed by atoms with Crippen LogP contribution >= 0.6 is 0 Å². The molecule has 0 aromatic rings. The van der Waals surface area contributed by atoms with Gasteiger partial charge in [-0.2, -0.15) is 0 Å². The average molecular weight is 214 g/mol. The van der Waals surface area contributed by atoms with Crippen molar-refractivity contribution in [1.29, 1.82) is 0 Å². The third-order valence-electron chi connectivity index (χ3n) is 1.46. The van der Waals surface area contributed by atoms with Crippen LogP contribution in [0.4, 0.5) is 0 Å². The van der Waals surface area contributed by atoms with Crippen molar-refractivity contribution in [2.24, 2.45) is 0 Å². The first kappa shape index (κ1) is 13.4. The van der Waals surface area contributed by atoms with Crippen LogP contribution in [-0.4, -0.2) is 40.1 Å². The second-order valence-electron chi connectivity index (χ2n) is 2.29. The van der Waals surface area contributed by atoms with E-state index in [0.717, 1.165) is 0 Å². The minimum atomic E-state index is -1.48. The van der Waals surface area contributed by atoms with Crippen LogP contribution in [0.3, 0.4) is 0 Å². The summed E-state index contributed by atoms with van der Waals surface area (Å²) < 4.78 is 4.25. The van der Waals surface area contributed by atoms with Crippen molar-refractivity contribution < 1.29 is 81.3 Å². The molecule has 0 radical (unpaired) electrons. The van der Waals surface area contributed by atoms with E-state index in [2.05, 4.69) is 4.74 Å². The van der Waals surface area contributed by atoms with Gasteiger partial charge in [0.1, 0.15) is 12.2 Å². The monoisotopic (exact) mass is 214 g/mol. The normalized spacial score (nSPS) is 23.8. The van der Waals surface area contributed by atoms with Crippen molar-refractivity contribution in [3.8, 4) is 0 Å². The van der Waals surface area contributed by atoms with Gasteiger partial charge in [0, 0.05) is 0 Å². The van der Waals surface area contributed by atoms with E-state index >= 15 is 0 Å².